The molecular formula is C11H21N3O2. The monoisotopic (exact) mass is 227 g/mol. The molecule has 1 saturated carbocycles. The zero-order chi connectivity index (χ0) is 12.0. The molecule has 5 nitrogen and oxygen atoms in total. The lowest BCUT2D eigenvalue weighted by atomic mass is 10.1. The summed E-state index contributed by atoms with van der Waals surface area (Å²) in [5, 5.41) is 5.38. The Hall–Kier alpha value is -1.10. The first kappa shape index (κ1) is 13.0. The van der Waals surface area contributed by atoms with Crippen molar-refractivity contribution in [2.45, 2.75) is 38.6 Å². The summed E-state index contributed by atoms with van der Waals surface area (Å²) in [5.41, 5.74) is 5.82. The molecule has 0 aromatic carbocycles. The topological polar surface area (TPSA) is 84.2 Å². The molecule has 1 rings (SSSR count). The van der Waals surface area contributed by atoms with Gasteiger partial charge >= 0.3 is 0 Å². The van der Waals surface area contributed by atoms with Crippen LogP contribution in [0.25, 0.3) is 0 Å². The number of hydrogen-bond donors (Lipinski definition) is 3. The van der Waals surface area contributed by atoms with Gasteiger partial charge in [-0.3, -0.25) is 9.59 Å². The van der Waals surface area contributed by atoms with Gasteiger partial charge in [-0.1, -0.05) is 0 Å². The van der Waals surface area contributed by atoms with E-state index in [0.29, 0.717) is 31.8 Å². The molecule has 0 bridgehead atoms. The highest BCUT2D eigenvalue weighted by atomic mass is 16.2. The summed E-state index contributed by atoms with van der Waals surface area (Å²) in [7, 11) is 0. The number of nitrogens with one attached hydrogen (secondary N) is 2. The van der Waals surface area contributed by atoms with Crippen LogP contribution in [0, 0.1) is 5.92 Å². The average molecular weight is 227 g/mol. The zero-order valence-electron chi connectivity index (χ0n) is 9.79. The molecule has 16 heavy (non-hydrogen) atoms. The first-order chi connectivity index (χ1) is 7.63. The van der Waals surface area contributed by atoms with Crippen molar-refractivity contribution in [1.82, 2.24) is 10.6 Å². The predicted molar refractivity (Wildman–Crippen MR) is 61.6 cm³/mol. The normalized spacial score (nSPS) is 16.6. The number of hydrogen-bond acceptors (Lipinski definition) is 3. The fourth-order valence-electron chi connectivity index (χ4n) is 1.58. The summed E-state index contributed by atoms with van der Waals surface area (Å²) >= 11 is 0. The van der Waals surface area contributed by atoms with Gasteiger partial charge in [0.05, 0.1) is 0 Å². The van der Waals surface area contributed by atoms with Gasteiger partial charge in [-0.25, -0.2) is 0 Å². The fourth-order valence-corrected chi connectivity index (χ4v) is 1.58. The maximum Gasteiger partial charge on any atom is 0.221 e. The molecule has 0 aromatic heterocycles. The summed E-state index contributed by atoms with van der Waals surface area (Å²) in [5.74, 6) is 0.451. The van der Waals surface area contributed by atoms with Crippen molar-refractivity contribution in [3.05, 3.63) is 0 Å². The molecule has 5 heteroatoms. The minimum atomic E-state index is -0.0521. The van der Waals surface area contributed by atoms with E-state index < -0.39 is 0 Å². The van der Waals surface area contributed by atoms with Gasteiger partial charge in [-0.2, -0.15) is 0 Å². The van der Waals surface area contributed by atoms with E-state index in [9.17, 15) is 9.59 Å². The molecular weight excluding hydrogens is 206 g/mol. The highest BCUT2D eigenvalue weighted by Gasteiger charge is 2.29. The summed E-state index contributed by atoms with van der Waals surface area (Å²) in [6, 6.07) is -0.00975. The van der Waals surface area contributed by atoms with Gasteiger partial charge in [-0.05, 0) is 25.7 Å². The summed E-state index contributed by atoms with van der Waals surface area (Å²) in [4.78, 5) is 22.5. The van der Waals surface area contributed by atoms with E-state index in [1.54, 1.807) is 0 Å². The number of carbonyl (C=O) groups excluding carboxylic acids is 2. The van der Waals surface area contributed by atoms with Crippen LogP contribution in [0.1, 0.15) is 32.6 Å². The Morgan fingerprint density at radius 2 is 2.00 bits per heavy atom. The third-order valence-electron chi connectivity index (χ3n) is 2.70. The molecule has 0 heterocycles. The van der Waals surface area contributed by atoms with Crippen LogP contribution < -0.4 is 16.4 Å². The van der Waals surface area contributed by atoms with E-state index in [-0.39, 0.29) is 17.9 Å². The van der Waals surface area contributed by atoms with Crippen molar-refractivity contribution in [3.63, 3.8) is 0 Å². The molecule has 0 radical (unpaired) electrons. The Balaban J connectivity index is 2.03. The molecule has 1 unspecified atom stereocenters. The maximum atomic E-state index is 11.4. The Bertz CT molecular complexity index is 252. The Kier molecular flexibility index (Phi) is 5.25. The van der Waals surface area contributed by atoms with E-state index in [2.05, 4.69) is 10.6 Å². The fraction of sp³-hybridized carbons (Fsp3) is 0.818. The lowest BCUT2D eigenvalue weighted by Gasteiger charge is -2.10. The smallest absolute Gasteiger partial charge is 0.221 e. The van der Waals surface area contributed by atoms with E-state index >= 15 is 0 Å². The molecule has 0 aromatic rings. The van der Waals surface area contributed by atoms with Crippen LogP contribution in [0.2, 0.25) is 0 Å². The van der Waals surface area contributed by atoms with Crippen LogP contribution in [-0.4, -0.2) is 30.9 Å². The summed E-state index contributed by atoms with van der Waals surface area (Å²) in [6.45, 7) is 2.88. The molecule has 0 aliphatic heterocycles. The highest BCUT2D eigenvalue weighted by Crippen LogP contribution is 2.32. The largest absolute Gasteiger partial charge is 0.356 e. The van der Waals surface area contributed by atoms with Crippen molar-refractivity contribution in [1.29, 1.82) is 0 Å². The Labute approximate surface area is 96.1 Å². The van der Waals surface area contributed by atoms with Crippen LogP contribution in [0.4, 0.5) is 0 Å². The van der Waals surface area contributed by atoms with Gasteiger partial charge in [0, 0.05) is 32.0 Å². The third kappa shape index (κ3) is 5.11. The average Bonchev–Trinajstić information content (AvgIpc) is 3.00. The second-order valence-corrected chi connectivity index (χ2v) is 4.26. The second-order valence-electron chi connectivity index (χ2n) is 4.26. The lowest BCUT2D eigenvalue weighted by molar-refractivity contribution is -0.122. The SMILES string of the molecule is CCNC(=O)CCNC(=O)CC(N)C1CC1. The number of nitrogens with two attached hydrogens (primary N) is 1. The van der Waals surface area contributed by atoms with Crippen molar-refractivity contribution in [3.8, 4) is 0 Å². The maximum absolute atomic E-state index is 11.4. The van der Waals surface area contributed by atoms with Crippen molar-refractivity contribution < 1.29 is 9.59 Å². The number of amides is 2. The quantitative estimate of drug-likeness (QED) is 0.561. The Morgan fingerprint density at radius 3 is 2.56 bits per heavy atom. The minimum Gasteiger partial charge on any atom is -0.356 e. The molecule has 0 spiro atoms. The summed E-state index contributed by atoms with van der Waals surface area (Å²) in [6.07, 6.45) is 3.00. The minimum absolute atomic E-state index is 0.00975. The molecule has 1 aliphatic rings. The van der Waals surface area contributed by atoms with Gasteiger partial charge in [0.1, 0.15) is 0 Å². The van der Waals surface area contributed by atoms with Crippen molar-refractivity contribution >= 4 is 11.8 Å². The summed E-state index contributed by atoms with van der Waals surface area (Å²) < 4.78 is 0. The van der Waals surface area contributed by atoms with Crippen LogP contribution >= 0.6 is 0 Å². The van der Waals surface area contributed by atoms with Crippen molar-refractivity contribution in [2.24, 2.45) is 11.7 Å². The first-order valence-electron chi connectivity index (χ1n) is 5.92. The molecule has 92 valence electrons. The van der Waals surface area contributed by atoms with Crippen LogP contribution in [0.3, 0.4) is 0 Å². The van der Waals surface area contributed by atoms with Gasteiger partial charge in [0.25, 0.3) is 0 Å². The molecule has 1 fully saturated rings. The van der Waals surface area contributed by atoms with Crippen molar-refractivity contribution in [2.75, 3.05) is 13.1 Å². The molecule has 1 atom stereocenters. The highest BCUT2D eigenvalue weighted by molar-refractivity contribution is 5.79. The van der Waals surface area contributed by atoms with Crippen LogP contribution in [0.5, 0.6) is 0 Å². The van der Waals surface area contributed by atoms with E-state index in [0.717, 1.165) is 12.8 Å². The van der Waals surface area contributed by atoms with Crippen LogP contribution in [-0.2, 0) is 9.59 Å². The van der Waals surface area contributed by atoms with E-state index in [1.165, 1.54) is 0 Å². The van der Waals surface area contributed by atoms with Gasteiger partial charge in [0.15, 0.2) is 0 Å². The molecule has 1 aliphatic carbocycles. The van der Waals surface area contributed by atoms with Gasteiger partial charge < -0.3 is 16.4 Å². The van der Waals surface area contributed by atoms with Gasteiger partial charge in [0.2, 0.25) is 11.8 Å². The first-order valence-corrected chi connectivity index (χ1v) is 5.92. The van der Waals surface area contributed by atoms with E-state index in [1.807, 2.05) is 6.92 Å². The second kappa shape index (κ2) is 6.48. The standard InChI is InChI=1S/C11H21N3O2/c1-2-13-10(15)5-6-14-11(16)7-9(12)8-3-4-8/h8-9H,2-7,12H2,1H3,(H,13,15)(H,14,16). The zero-order valence-corrected chi connectivity index (χ0v) is 9.79. The van der Waals surface area contributed by atoms with Crippen LogP contribution in [0.15, 0.2) is 0 Å². The number of rotatable bonds is 7. The molecule has 0 saturated heterocycles. The third-order valence-corrected chi connectivity index (χ3v) is 2.70. The molecule has 2 amide bonds. The predicted octanol–water partition coefficient (Wildman–Crippen LogP) is -0.244. The van der Waals surface area contributed by atoms with E-state index in [4.69, 9.17) is 5.73 Å². The lowest BCUT2D eigenvalue weighted by Crippen LogP contribution is -2.35. The molecule has 4 N–H and O–H groups in total. The Morgan fingerprint density at radius 1 is 1.31 bits per heavy atom. The number of carbonyl (C=O) groups is 2. The van der Waals surface area contributed by atoms with Gasteiger partial charge in [-0.15, -0.1) is 0 Å².